The van der Waals surface area contributed by atoms with Gasteiger partial charge in [0.1, 0.15) is 6.20 Å². The fraction of sp³-hybridized carbons (Fsp3) is 0.850. The second-order valence-corrected chi connectivity index (χ2v) is 7.81. The van der Waals surface area contributed by atoms with Crippen LogP contribution >= 0.6 is 0 Å². The molecule has 0 bridgehead atoms. The van der Waals surface area contributed by atoms with Gasteiger partial charge in [-0.1, -0.05) is 12.8 Å². The summed E-state index contributed by atoms with van der Waals surface area (Å²) in [6.07, 6.45) is 8.51. The van der Waals surface area contributed by atoms with Gasteiger partial charge in [-0.15, -0.1) is 0 Å². The summed E-state index contributed by atoms with van der Waals surface area (Å²) in [7, 11) is 0. The van der Waals surface area contributed by atoms with Crippen LogP contribution in [0.4, 0.5) is 5.82 Å². The summed E-state index contributed by atoms with van der Waals surface area (Å²) in [5.41, 5.74) is 0. The lowest BCUT2D eigenvalue weighted by Crippen LogP contribution is -2.37. The molecule has 1 aromatic rings. The van der Waals surface area contributed by atoms with Crippen LogP contribution in [0.2, 0.25) is 0 Å². The molecule has 9 heteroatoms. The highest BCUT2D eigenvalue weighted by Gasteiger charge is 2.14. The number of nitrogens with one attached hydrogen (secondary N) is 3. The molecule has 1 aromatic heterocycles. The summed E-state index contributed by atoms with van der Waals surface area (Å²) in [5, 5.41) is 21.3. The SMILES string of the molecule is Cc1nc([N+](=O)[O-])cn1CCCCCCN1CCCNCCNCCCNCC1. The Morgan fingerprint density at radius 1 is 0.931 bits per heavy atom. The van der Waals surface area contributed by atoms with E-state index in [1.807, 2.05) is 11.5 Å². The van der Waals surface area contributed by atoms with E-state index in [9.17, 15) is 10.1 Å². The molecule has 2 heterocycles. The minimum absolute atomic E-state index is 0.0523. The largest absolute Gasteiger partial charge is 0.381 e. The third-order valence-corrected chi connectivity index (χ3v) is 5.39. The van der Waals surface area contributed by atoms with Gasteiger partial charge in [-0.2, -0.15) is 0 Å². The normalized spacial score (nSPS) is 18.4. The first kappa shape index (κ1) is 23.7. The van der Waals surface area contributed by atoms with Gasteiger partial charge in [-0.25, -0.2) is 0 Å². The van der Waals surface area contributed by atoms with E-state index in [4.69, 9.17) is 0 Å². The highest BCUT2D eigenvalue weighted by atomic mass is 16.6. The van der Waals surface area contributed by atoms with E-state index in [-0.39, 0.29) is 5.82 Å². The predicted octanol–water partition coefficient (Wildman–Crippen LogP) is 1.52. The second-order valence-electron chi connectivity index (χ2n) is 7.81. The lowest BCUT2D eigenvalue weighted by Gasteiger charge is -2.23. The fourth-order valence-electron chi connectivity index (χ4n) is 3.67. The first-order chi connectivity index (χ1) is 14.2. The molecule has 0 saturated carbocycles. The first-order valence-electron chi connectivity index (χ1n) is 11.2. The second kappa shape index (κ2) is 14.4. The third kappa shape index (κ3) is 10.2. The summed E-state index contributed by atoms with van der Waals surface area (Å²) in [5.74, 6) is 0.669. The minimum atomic E-state index is -0.425. The molecule has 1 saturated heterocycles. The van der Waals surface area contributed by atoms with Crippen LogP contribution in [0.3, 0.4) is 0 Å². The van der Waals surface area contributed by atoms with Gasteiger partial charge < -0.3 is 35.5 Å². The topological polar surface area (TPSA) is 100 Å². The predicted molar refractivity (Wildman–Crippen MR) is 116 cm³/mol. The van der Waals surface area contributed by atoms with Crippen LogP contribution in [-0.2, 0) is 6.54 Å². The number of nitro groups is 1. The van der Waals surface area contributed by atoms with E-state index >= 15 is 0 Å². The van der Waals surface area contributed by atoms with E-state index in [2.05, 4.69) is 25.8 Å². The summed E-state index contributed by atoms with van der Waals surface area (Å²) in [6.45, 7) is 12.5. The first-order valence-corrected chi connectivity index (χ1v) is 11.2. The molecule has 3 N–H and O–H groups in total. The van der Waals surface area contributed by atoms with Crippen molar-refractivity contribution in [3.8, 4) is 0 Å². The van der Waals surface area contributed by atoms with E-state index in [0.29, 0.717) is 0 Å². The summed E-state index contributed by atoms with van der Waals surface area (Å²) >= 11 is 0. The maximum Gasteiger partial charge on any atom is 0.381 e. The molecular weight excluding hydrogens is 370 g/mol. The van der Waals surface area contributed by atoms with Crippen molar-refractivity contribution in [2.75, 3.05) is 58.9 Å². The number of hydrogen-bond acceptors (Lipinski definition) is 7. The molecule has 0 amide bonds. The van der Waals surface area contributed by atoms with Crippen LogP contribution in [0.25, 0.3) is 0 Å². The van der Waals surface area contributed by atoms with Crippen molar-refractivity contribution >= 4 is 5.82 Å². The van der Waals surface area contributed by atoms with Crippen molar-refractivity contribution in [3.05, 3.63) is 22.1 Å². The summed E-state index contributed by atoms with van der Waals surface area (Å²) in [6, 6.07) is 0. The van der Waals surface area contributed by atoms with Crippen molar-refractivity contribution in [2.45, 2.75) is 52.0 Å². The molecule has 0 aliphatic carbocycles. The Morgan fingerprint density at radius 2 is 1.59 bits per heavy atom. The Bertz CT molecular complexity index is 565. The van der Waals surface area contributed by atoms with Gasteiger partial charge in [0.05, 0.1) is 0 Å². The van der Waals surface area contributed by atoms with Crippen LogP contribution < -0.4 is 16.0 Å². The van der Waals surface area contributed by atoms with Gasteiger partial charge in [0.2, 0.25) is 5.82 Å². The quantitative estimate of drug-likeness (QED) is 0.340. The summed E-state index contributed by atoms with van der Waals surface area (Å²) < 4.78 is 1.90. The Morgan fingerprint density at radius 3 is 2.28 bits per heavy atom. The molecule has 0 atom stereocenters. The number of hydrogen-bond donors (Lipinski definition) is 3. The number of aryl methyl sites for hydroxylation is 2. The molecule has 2 rings (SSSR count). The van der Waals surface area contributed by atoms with Crippen molar-refractivity contribution < 1.29 is 4.92 Å². The van der Waals surface area contributed by atoms with Crippen LogP contribution in [0.1, 0.15) is 44.3 Å². The van der Waals surface area contributed by atoms with Crippen LogP contribution in [0.5, 0.6) is 0 Å². The zero-order valence-electron chi connectivity index (χ0n) is 18.0. The third-order valence-electron chi connectivity index (χ3n) is 5.39. The molecule has 0 spiro atoms. The Hall–Kier alpha value is -1.55. The van der Waals surface area contributed by atoms with Crippen LogP contribution in [0, 0.1) is 17.0 Å². The Labute approximate surface area is 174 Å². The number of rotatable bonds is 8. The highest BCUT2D eigenvalue weighted by molar-refractivity contribution is 5.16. The van der Waals surface area contributed by atoms with Gasteiger partial charge in [-0.3, -0.25) is 0 Å². The molecule has 0 aromatic carbocycles. The van der Waals surface area contributed by atoms with E-state index in [0.717, 1.165) is 84.1 Å². The molecule has 166 valence electrons. The molecule has 0 unspecified atom stereocenters. The van der Waals surface area contributed by atoms with Crippen molar-refractivity contribution in [2.24, 2.45) is 0 Å². The van der Waals surface area contributed by atoms with Crippen molar-refractivity contribution in [1.29, 1.82) is 0 Å². The lowest BCUT2D eigenvalue weighted by atomic mass is 10.2. The Kier molecular flexibility index (Phi) is 11.8. The summed E-state index contributed by atoms with van der Waals surface area (Å²) in [4.78, 5) is 16.9. The molecule has 29 heavy (non-hydrogen) atoms. The van der Waals surface area contributed by atoms with Gasteiger partial charge >= 0.3 is 5.82 Å². The van der Waals surface area contributed by atoms with Crippen LogP contribution in [-0.4, -0.2) is 78.3 Å². The van der Waals surface area contributed by atoms with Gasteiger partial charge in [0.25, 0.3) is 0 Å². The molecular formula is C20H39N7O2. The molecule has 1 aliphatic rings. The zero-order valence-corrected chi connectivity index (χ0v) is 18.0. The number of imidazole rings is 1. The standard InChI is InChI=1S/C20H39N7O2/c1-19-24-20(27(28)29)18-26(19)16-5-3-2-4-14-25-15-7-10-22-12-11-21-8-6-9-23-13-17-25/h18,21-23H,2-17H2,1H3. The van der Waals surface area contributed by atoms with Gasteiger partial charge in [-0.05, 0) is 68.3 Å². The van der Waals surface area contributed by atoms with Gasteiger partial charge in [0.15, 0.2) is 0 Å². The maximum atomic E-state index is 10.8. The lowest BCUT2D eigenvalue weighted by molar-refractivity contribution is -0.389. The highest BCUT2D eigenvalue weighted by Crippen LogP contribution is 2.12. The average Bonchev–Trinajstić information content (AvgIpc) is 3.08. The fourth-order valence-corrected chi connectivity index (χ4v) is 3.67. The molecule has 1 fully saturated rings. The molecule has 9 nitrogen and oxygen atoms in total. The smallest absolute Gasteiger partial charge is 0.358 e. The average molecular weight is 410 g/mol. The van der Waals surface area contributed by atoms with E-state index in [1.54, 1.807) is 6.20 Å². The molecule has 0 radical (unpaired) electrons. The minimum Gasteiger partial charge on any atom is -0.358 e. The maximum absolute atomic E-state index is 10.8. The van der Waals surface area contributed by atoms with Crippen molar-refractivity contribution in [1.82, 2.24) is 30.4 Å². The molecule has 1 aliphatic heterocycles. The number of aromatic nitrogens is 2. The van der Waals surface area contributed by atoms with Crippen molar-refractivity contribution in [3.63, 3.8) is 0 Å². The van der Waals surface area contributed by atoms with E-state index < -0.39 is 4.92 Å². The monoisotopic (exact) mass is 409 g/mol. The number of nitrogens with zero attached hydrogens (tertiary/aromatic N) is 4. The Balaban J connectivity index is 1.60. The number of unbranched alkanes of at least 4 members (excludes halogenated alkanes) is 3. The zero-order chi connectivity index (χ0) is 20.7. The van der Waals surface area contributed by atoms with Gasteiger partial charge in [0, 0.05) is 39.6 Å². The van der Waals surface area contributed by atoms with E-state index in [1.165, 1.54) is 25.7 Å². The van der Waals surface area contributed by atoms with Crippen LogP contribution in [0.15, 0.2) is 6.20 Å².